The fourth-order valence-corrected chi connectivity index (χ4v) is 5.21. The van der Waals surface area contributed by atoms with Crippen molar-refractivity contribution in [1.82, 2.24) is 24.5 Å². The largest absolute Gasteiger partial charge is 0.338 e. The van der Waals surface area contributed by atoms with E-state index in [0.717, 1.165) is 53.9 Å². The van der Waals surface area contributed by atoms with E-state index in [4.69, 9.17) is 16.7 Å². The molecule has 2 fully saturated rings. The molecular formula is C25H28ClN5O4. The summed E-state index contributed by atoms with van der Waals surface area (Å²) in [7, 11) is 0. The van der Waals surface area contributed by atoms with Crippen molar-refractivity contribution in [2.75, 3.05) is 32.7 Å². The molecule has 0 unspecified atom stereocenters. The number of likely N-dealkylation sites (tertiary alicyclic amines) is 1. The van der Waals surface area contributed by atoms with Gasteiger partial charge in [-0.1, -0.05) is 18.0 Å². The van der Waals surface area contributed by atoms with Gasteiger partial charge in [0.15, 0.2) is 5.69 Å². The summed E-state index contributed by atoms with van der Waals surface area (Å²) in [5.74, 6) is -0.974. The molecule has 4 amide bonds. The number of amides is 4. The molecule has 1 aliphatic carbocycles. The number of carbonyl (C=O) groups excluding carboxylic acids is 4. The second-order valence-electron chi connectivity index (χ2n) is 9.27. The molecule has 2 saturated heterocycles. The van der Waals surface area contributed by atoms with Crippen LogP contribution in [-0.4, -0.2) is 80.8 Å². The van der Waals surface area contributed by atoms with E-state index in [-0.39, 0.29) is 43.0 Å². The molecule has 35 heavy (non-hydrogen) atoms. The van der Waals surface area contributed by atoms with Gasteiger partial charge in [0.2, 0.25) is 17.7 Å². The maximum atomic E-state index is 13.6. The standard InChI is InChI=1S/C25H28ClN5O4/c26-17-6-8-18(9-7-17)31-20-5-3-1-2-4-19(20)24(27-31)25(35)29-14-12-28(13-15-29)23(34)16-30-21(32)10-11-22(30)33/h6-9H,1-5,10-16H2. The van der Waals surface area contributed by atoms with Gasteiger partial charge in [0.05, 0.1) is 5.69 Å². The zero-order chi connectivity index (χ0) is 24.5. The fourth-order valence-electron chi connectivity index (χ4n) is 5.09. The first-order valence-electron chi connectivity index (χ1n) is 12.2. The minimum absolute atomic E-state index is 0.118. The first-order chi connectivity index (χ1) is 16.9. The van der Waals surface area contributed by atoms with Crippen LogP contribution in [-0.2, 0) is 27.2 Å². The summed E-state index contributed by atoms with van der Waals surface area (Å²) in [6.45, 7) is 1.27. The number of fused-ring (bicyclic) bond motifs is 1. The summed E-state index contributed by atoms with van der Waals surface area (Å²) in [4.78, 5) is 54.3. The highest BCUT2D eigenvalue weighted by Crippen LogP contribution is 2.28. The van der Waals surface area contributed by atoms with Gasteiger partial charge in [0.25, 0.3) is 5.91 Å². The van der Waals surface area contributed by atoms with Gasteiger partial charge < -0.3 is 9.80 Å². The number of hydrogen-bond donors (Lipinski definition) is 0. The van der Waals surface area contributed by atoms with Crippen LogP contribution in [0.4, 0.5) is 0 Å². The number of nitrogens with zero attached hydrogens (tertiary/aromatic N) is 5. The molecule has 0 bridgehead atoms. The molecule has 0 N–H and O–H groups in total. The Morgan fingerprint density at radius 3 is 2.14 bits per heavy atom. The summed E-state index contributed by atoms with van der Waals surface area (Å²) in [5.41, 5.74) is 3.48. The molecule has 10 heteroatoms. The number of aromatic nitrogens is 2. The molecular weight excluding hydrogens is 470 g/mol. The van der Waals surface area contributed by atoms with Gasteiger partial charge in [-0.25, -0.2) is 4.68 Å². The van der Waals surface area contributed by atoms with Crippen LogP contribution in [0.15, 0.2) is 24.3 Å². The Balaban J connectivity index is 1.30. The van der Waals surface area contributed by atoms with E-state index in [1.807, 2.05) is 28.9 Å². The Morgan fingerprint density at radius 1 is 0.829 bits per heavy atom. The second-order valence-corrected chi connectivity index (χ2v) is 9.71. The van der Waals surface area contributed by atoms with E-state index in [2.05, 4.69) is 0 Å². The van der Waals surface area contributed by atoms with E-state index in [9.17, 15) is 19.2 Å². The van der Waals surface area contributed by atoms with Crippen LogP contribution in [0.3, 0.4) is 0 Å². The molecule has 0 atom stereocenters. The zero-order valence-corrected chi connectivity index (χ0v) is 20.3. The van der Waals surface area contributed by atoms with Crippen molar-refractivity contribution < 1.29 is 19.2 Å². The van der Waals surface area contributed by atoms with Crippen LogP contribution < -0.4 is 0 Å². The number of imide groups is 1. The molecule has 184 valence electrons. The predicted octanol–water partition coefficient (Wildman–Crippen LogP) is 2.23. The highest BCUT2D eigenvalue weighted by Gasteiger charge is 2.34. The second kappa shape index (κ2) is 9.81. The molecule has 3 aliphatic rings. The Labute approximate surface area is 208 Å². The monoisotopic (exact) mass is 497 g/mol. The van der Waals surface area contributed by atoms with E-state index >= 15 is 0 Å². The highest BCUT2D eigenvalue weighted by molar-refractivity contribution is 6.30. The molecule has 1 aromatic heterocycles. The lowest BCUT2D eigenvalue weighted by atomic mass is 10.1. The SMILES string of the molecule is O=C(CN1C(=O)CCC1=O)N1CCN(C(=O)c2nn(-c3ccc(Cl)cc3)c3c2CCCCC3)CC1. The molecule has 0 radical (unpaired) electrons. The Kier molecular flexibility index (Phi) is 6.60. The fraction of sp³-hybridized carbons (Fsp3) is 0.480. The van der Waals surface area contributed by atoms with E-state index in [1.165, 1.54) is 0 Å². The summed E-state index contributed by atoms with van der Waals surface area (Å²) < 4.78 is 1.88. The van der Waals surface area contributed by atoms with Crippen LogP contribution in [0.5, 0.6) is 0 Å². The van der Waals surface area contributed by atoms with Crippen LogP contribution >= 0.6 is 11.6 Å². The minimum atomic E-state index is -0.297. The van der Waals surface area contributed by atoms with Crippen molar-refractivity contribution in [2.24, 2.45) is 0 Å². The van der Waals surface area contributed by atoms with Crippen molar-refractivity contribution in [1.29, 1.82) is 0 Å². The van der Waals surface area contributed by atoms with Crippen molar-refractivity contribution in [3.05, 3.63) is 46.2 Å². The molecule has 2 aliphatic heterocycles. The van der Waals surface area contributed by atoms with Gasteiger partial charge in [0.1, 0.15) is 6.54 Å². The summed E-state index contributed by atoms with van der Waals surface area (Å²) in [5, 5.41) is 5.42. The van der Waals surface area contributed by atoms with Crippen LogP contribution in [0.25, 0.3) is 5.69 Å². The smallest absolute Gasteiger partial charge is 0.274 e. The van der Waals surface area contributed by atoms with Crippen molar-refractivity contribution in [3.63, 3.8) is 0 Å². The topological polar surface area (TPSA) is 95.8 Å². The predicted molar refractivity (Wildman–Crippen MR) is 128 cm³/mol. The number of rotatable bonds is 4. The van der Waals surface area contributed by atoms with Crippen LogP contribution in [0, 0.1) is 0 Å². The van der Waals surface area contributed by atoms with Gasteiger partial charge in [-0.3, -0.25) is 24.1 Å². The van der Waals surface area contributed by atoms with Crippen molar-refractivity contribution >= 4 is 35.2 Å². The third-order valence-corrected chi connectivity index (χ3v) is 7.32. The molecule has 3 heterocycles. The molecule has 5 rings (SSSR count). The average Bonchev–Trinajstić information content (AvgIpc) is 3.27. The Morgan fingerprint density at radius 2 is 1.46 bits per heavy atom. The minimum Gasteiger partial charge on any atom is -0.338 e. The molecule has 0 spiro atoms. The van der Waals surface area contributed by atoms with Gasteiger partial charge in [0, 0.05) is 55.3 Å². The third-order valence-electron chi connectivity index (χ3n) is 7.07. The van der Waals surface area contributed by atoms with Gasteiger partial charge in [-0.15, -0.1) is 0 Å². The third kappa shape index (κ3) is 4.69. The van der Waals surface area contributed by atoms with Crippen LogP contribution in [0.2, 0.25) is 5.02 Å². The quantitative estimate of drug-likeness (QED) is 0.477. The first-order valence-corrected chi connectivity index (χ1v) is 12.6. The lowest BCUT2D eigenvalue weighted by Crippen LogP contribution is -2.53. The maximum absolute atomic E-state index is 13.6. The average molecular weight is 498 g/mol. The van der Waals surface area contributed by atoms with Crippen molar-refractivity contribution in [3.8, 4) is 5.69 Å². The molecule has 0 saturated carbocycles. The van der Waals surface area contributed by atoms with Gasteiger partial charge in [-0.2, -0.15) is 5.10 Å². The molecule has 2 aromatic rings. The number of benzene rings is 1. The van der Waals surface area contributed by atoms with E-state index in [0.29, 0.717) is 36.9 Å². The van der Waals surface area contributed by atoms with E-state index < -0.39 is 0 Å². The van der Waals surface area contributed by atoms with Crippen LogP contribution in [0.1, 0.15) is 53.8 Å². The zero-order valence-electron chi connectivity index (χ0n) is 19.5. The summed E-state index contributed by atoms with van der Waals surface area (Å²) >= 11 is 6.07. The maximum Gasteiger partial charge on any atom is 0.274 e. The normalized spacial score (nSPS) is 18.6. The highest BCUT2D eigenvalue weighted by atomic mass is 35.5. The Bertz CT molecular complexity index is 1150. The van der Waals surface area contributed by atoms with Gasteiger partial charge in [-0.05, 0) is 49.9 Å². The molecule has 1 aromatic carbocycles. The number of carbonyl (C=O) groups is 4. The van der Waals surface area contributed by atoms with Crippen molar-refractivity contribution in [2.45, 2.75) is 44.9 Å². The lowest BCUT2D eigenvalue weighted by molar-refractivity contribution is -0.146. The first kappa shape index (κ1) is 23.5. The molecule has 9 nitrogen and oxygen atoms in total. The number of halogens is 1. The van der Waals surface area contributed by atoms with E-state index in [1.54, 1.807) is 9.80 Å². The number of piperazine rings is 1. The summed E-state index contributed by atoms with van der Waals surface area (Å²) in [6, 6.07) is 7.47. The number of hydrogen-bond acceptors (Lipinski definition) is 5. The summed E-state index contributed by atoms with van der Waals surface area (Å²) in [6.07, 6.45) is 5.22. The Hall–Kier alpha value is -3.20. The van der Waals surface area contributed by atoms with Gasteiger partial charge >= 0.3 is 0 Å². The lowest BCUT2D eigenvalue weighted by Gasteiger charge is -2.35.